The predicted octanol–water partition coefficient (Wildman–Crippen LogP) is -2.57. The Balaban J connectivity index is 3.88. The van der Waals surface area contributed by atoms with Crippen molar-refractivity contribution in [3.63, 3.8) is 0 Å². The minimum atomic E-state index is -1.10. The molecule has 1 amide bonds. The zero-order chi connectivity index (χ0) is 11.0. The van der Waals surface area contributed by atoms with Gasteiger partial charge in [0.25, 0.3) is 0 Å². The third kappa shape index (κ3) is 4.01. The quantitative estimate of drug-likeness (QED) is 0.315. The van der Waals surface area contributed by atoms with Gasteiger partial charge in [0.15, 0.2) is 0 Å². The Labute approximate surface area is 82.9 Å². The number of nitrogens with one attached hydrogen (secondary N) is 2. The molecule has 0 rings (SSSR count). The van der Waals surface area contributed by atoms with Gasteiger partial charge in [-0.2, -0.15) is 0 Å². The number of hydrogen-bond donors (Lipinski definition) is 5. The first-order valence-electron chi connectivity index (χ1n) is 4.42. The van der Waals surface area contributed by atoms with E-state index in [9.17, 15) is 4.79 Å². The first-order valence-corrected chi connectivity index (χ1v) is 4.42. The van der Waals surface area contributed by atoms with Crippen molar-refractivity contribution in [3.8, 4) is 0 Å². The van der Waals surface area contributed by atoms with Gasteiger partial charge >= 0.3 is 0 Å². The van der Waals surface area contributed by atoms with Crippen LogP contribution in [0.1, 0.15) is 6.42 Å². The molecule has 0 spiro atoms. The summed E-state index contributed by atoms with van der Waals surface area (Å²) in [6.07, 6.45) is 0.234. The predicted molar refractivity (Wildman–Crippen MR) is 50.7 cm³/mol. The van der Waals surface area contributed by atoms with Crippen molar-refractivity contribution < 1.29 is 20.1 Å². The molecule has 0 aliphatic heterocycles. The maximum Gasteiger partial charge on any atom is 0.221 e. The molecule has 0 aromatic rings. The van der Waals surface area contributed by atoms with Gasteiger partial charge in [-0.25, -0.2) is 0 Å². The summed E-state index contributed by atoms with van der Waals surface area (Å²) in [5, 5.41) is 31.9. The first-order chi connectivity index (χ1) is 6.64. The number of hydrogen-bond acceptors (Lipinski definition) is 5. The molecular formula is C8H18N2O4. The van der Waals surface area contributed by atoms with E-state index in [1.54, 1.807) is 0 Å². The zero-order valence-corrected chi connectivity index (χ0v) is 8.29. The lowest BCUT2D eigenvalue weighted by molar-refractivity contribution is -0.120. The summed E-state index contributed by atoms with van der Waals surface area (Å²) in [6, 6.07) is 0. The fourth-order valence-electron chi connectivity index (χ4n) is 0.884. The molecule has 0 atom stereocenters. The molecule has 0 aliphatic carbocycles. The second kappa shape index (κ2) is 6.72. The van der Waals surface area contributed by atoms with Gasteiger partial charge in [0.2, 0.25) is 5.91 Å². The van der Waals surface area contributed by atoms with E-state index in [1.807, 2.05) is 0 Å². The lowest BCUT2D eigenvalue weighted by atomic mass is 10.0. The second-order valence-corrected chi connectivity index (χ2v) is 3.10. The normalized spacial score (nSPS) is 11.4. The highest BCUT2D eigenvalue weighted by molar-refractivity contribution is 5.75. The van der Waals surface area contributed by atoms with E-state index in [-0.39, 0.29) is 32.1 Å². The van der Waals surface area contributed by atoms with Gasteiger partial charge in [-0.15, -0.1) is 0 Å². The fourth-order valence-corrected chi connectivity index (χ4v) is 0.884. The van der Waals surface area contributed by atoms with Gasteiger partial charge in [-0.3, -0.25) is 4.79 Å². The van der Waals surface area contributed by atoms with Crippen LogP contribution in [0.5, 0.6) is 0 Å². The van der Waals surface area contributed by atoms with Crippen LogP contribution in [0.15, 0.2) is 0 Å². The van der Waals surface area contributed by atoms with Crippen molar-refractivity contribution in [2.75, 3.05) is 33.4 Å². The van der Waals surface area contributed by atoms with Crippen LogP contribution in [0.25, 0.3) is 0 Å². The molecule has 14 heavy (non-hydrogen) atoms. The maximum atomic E-state index is 10.8. The van der Waals surface area contributed by atoms with Crippen molar-refractivity contribution in [1.29, 1.82) is 0 Å². The van der Waals surface area contributed by atoms with Gasteiger partial charge in [-0.1, -0.05) is 0 Å². The average Bonchev–Trinajstić information content (AvgIpc) is 2.25. The lowest BCUT2D eigenvalue weighted by Crippen LogP contribution is -2.55. The molecule has 0 heterocycles. The molecule has 0 aromatic heterocycles. The summed E-state index contributed by atoms with van der Waals surface area (Å²) in [5.41, 5.74) is -1.10. The van der Waals surface area contributed by atoms with Gasteiger partial charge in [0.1, 0.15) is 0 Å². The standard InChI is InChI=1S/C8H18N2O4/c1-9-7(14)2-3-10-8(4-11,5-12)6-13/h10-13H,2-6H2,1H3,(H,9,14). The van der Waals surface area contributed by atoms with Crippen LogP contribution in [0.2, 0.25) is 0 Å². The molecule has 5 N–H and O–H groups in total. The summed E-state index contributed by atoms with van der Waals surface area (Å²) in [4.78, 5) is 10.8. The van der Waals surface area contributed by atoms with Gasteiger partial charge in [0.05, 0.1) is 25.4 Å². The third-order valence-corrected chi connectivity index (χ3v) is 2.04. The monoisotopic (exact) mass is 206 g/mol. The minimum Gasteiger partial charge on any atom is -0.394 e. The molecule has 0 aromatic carbocycles. The Hall–Kier alpha value is -0.690. The number of rotatable bonds is 7. The van der Waals surface area contributed by atoms with Crippen molar-refractivity contribution in [2.45, 2.75) is 12.0 Å². The van der Waals surface area contributed by atoms with E-state index in [4.69, 9.17) is 15.3 Å². The van der Waals surface area contributed by atoms with E-state index in [1.165, 1.54) is 7.05 Å². The number of carbonyl (C=O) groups is 1. The van der Waals surface area contributed by atoms with Gasteiger partial charge in [-0.05, 0) is 0 Å². The van der Waals surface area contributed by atoms with E-state index in [0.29, 0.717) is 6.54 Å². The molecule has 6 nitrogen and oxygen atoms in total. The SMILES string of the molecule is CNC(=O)CCNC(CO)(CO)CO. The second-order valence-electron chi connectivity index (χ2n) is 3.10. The highest BCUT2D eigenvalue weighted by atomic mass is 16.3. The topological polar surface area (TPSA) is 102 Å². The highest BCUT2D eigenvalue weighted by Gasteiger charge is 2.26. The van der Waals surface area contributed by atoms with E-state index < -0.39 is 5.54 Å². The third-order valence-electron chi connectivity index (χ3n) is 2.04. The Kier molecular flexibility index (Phi) is 6.39. The van der Waals surface area contributed by atoms with E-state index >= 15 is 0 Å². The highest BCUT2D eigenvalue weighted by Crippen LogP contribution is 2.00. The number of amides is 1. The Morgan fingerprint density at radius 3 is 2.07 bits per heavy atom. The zero-order valence-electron chi connectivity index (χ0n) is 8.29. The molecule has 0 bridgehead atoms. The van der Waals surface area contributed by atoms with Crippen LogP contribution in [0, 0.1) is 0 Å². The summed E-state index contributed by atoms with van der Waals surface area (Å²) in [5.74, 6) is -0.139. The lowest BCUT2D eigenvalue weighted by Gasteiger charge is -2.28. The minimum absolute atomic E-state index is 0.139. The largest absolute Gasteiger partial charge is 0.394 e. The molecule has 0 saturated carbocycles. The van der Waals surface area contributed by atoms with Crippen LogP contribution < -0.4 is 10.6 Å². The molecule has 0 fully saturated rings. The molecule has 0 unspecified atom stereocenters. The Bertz CT molecular complexity index is 162. The smallest absolute Gasteiger partial charge is 0.221 e. The van der Waals surface area contributed by atoms with E-state index in [2.05, 4.69) is 10.6 Å². The van der Waals surface area contributed by atoms with Gasteiger partial charge < -0.3 is 26.0 Å². The van der Waals surface area contributed by atoms with Crippen molar-refractivity contribution in [3.05, 3.63) is 0 Å². The van der Waals surface area contributed by atoms with Crippen LogP contribution >= 0.6 is 0 Å². The van der Waals surface area contributed by atoms with Gasteiger partial charge in [0, 0.05) is 20.0 Å². The first kappa shape index (κ1) is 13.3. The van der Waals surface area contributed by atoms with Crippen LogP contribution in [0.3, 0.4) is 0 Å². The summed E-state index contributed by atoms with van der Waals surface area (Å²) >= 11 is 0. The molecule has 0 aliphatic rings. The molecule has 6 heteroatoms. The average molecular weight is 206 g/mol. The molecule has 0 saturated heterocycles. The maximum absolute atomic E-state index is 10.8. The number of aliphatic hydroxyl groups excluding tert-OH is 3. The fraction of sp³-hybridized carbons (Fsp3) is 0.875. The van der Waals surface area contributed by atoms with Crippen LogP contribution in [0.4, 0.5) is 0 Å². The summed E-state index contributed by atoms with van der Waals surface area (Å²) < 4.78 is 0. The molecular weight excluding hydrogens is 188 g/mol. The Morgan fingerprint density at radius 2 is 1.71 bits per heavy atom. The summed E-state index contributed by atoms with van der Waals surface area (Å²) in [6.45, 7) is -0.851. The van der Waals surface area contributed by atoms with Crippen LogP contribution in [-0.2, 0) is 4.79 Å². The summed E-state index contributed by atoms with van der Waals surface area (Å²) in [7, 11) is 1.53. The van der Waals surface area contributed by atoms with Crippen LogP contribution in [-0.4, -0.2) is 60.2 Å². The van der Waals surface area contributed by atoms with Crippen molar-refractivity contribution in [1.82, 2.24) is 10.6 Å². The number of carbonyl (C=O) groups excluding carboxylic acids is 1. The number of aliphatic hydroxyl groups is 3. The van der Waals surface area contributed by atoms with Crippen molar-refractivity contribution in [2.24, 2.45) is 0 Å². The molecule has 0 radical (unpaired) electrons. The Morgan fingerprint density at radius 1 is 1.21 bits per heavy atom. The van der Waals surface area contributed by atoms with E-state index in [0.717, 1.165) is 0 Å². The van der Waals surface area contributed by atoms with Crippen molar-refractivity contribution >= 4 is 5.91 Å². The molecule has 84 valence electrons.